The summed E-state index contributed by atoms with van der Waals surface area (Å²) in [7, 11) is -8.92. The molecule has 8 atom stereocenters. The Bertz CT molecular complexity index is 2070. The number of ether oxygens (including phenoxy) is 2. The van der Waals surface area contributed by atoms with Crippen LogP contribution in [-0.4, -0.2) is 116 Å². The first-order valence-electron chi connectivity index (χ1n) is 13.2. The SMILES string of the molecule is Nc1nc2c(ncn2[C@@H]2O[C@@H]3CNS(=O)(=O)NC4C(O)[C@H](n5cnc6c(N)ncnc65)O[C@@H]4CNS(=O)(=O)NC2C3O)c(=O)[nH]1. The van der Waals surface area contributed by atoms with Crippen LogP contribution in [0.15, 0.2) is 23.8 Å². The topological polar surface area (TPSA) is 335 Å². The highest BCUT2D eigenvalue weighted by Crippen LogP contribution is 2.34. The van der Waals surface area contributed by atoms with Crippen molar-refractivity contribution in [1.82, 2.24) is 57.9 Å². The third-order valence-corrected chi connectivity index (χ3v) is 9.92. The van der Waals surface area contributed by atoms with Gasteiger partial charge in [-0.1, -0.05) is 0 Å². The van der Waals surface area contributed by atoms with Crippen molar-refractivity contribution in [3.8, 4) is 0 Å². The van der Waals surface area contributed by atoms with Crippen LogP contribution >= 0.6 is 0 Å². The van der Waals surface area contributed by atoms with Gasteiger partial charge in [0.1, 0.15) is 30.2 Å². The van der Waals surface area contributed by atoms with Crippen LogP contribution in [0.3, 0.4) is 0 Å². The number of nitrogens with zero attached hydrogens (tertiary/aromatic N) is 7. The van der Waals surface area contributed by atoms with Crippen LogP contribution in [-0.2, 0) is 29.9 Å². The van der Waals surface area contributed by atoms with Gasteiger partial charge in [0.2, 0.25) is 5.95 Å². The Kier molecular flexibility index (Phi) is 7.00. The molecular formula is C20H26N14O9S2. The van der Waals surface area contributed by atoms with E-state index in [1.165, 1.54) is 21.8 Å². The molecule has 0 saturated carbocycles. The summed E-state index contributed by atoms with van der Waals surface area (Å²) in [4.78, 5) is 34.7. The molecule has 0 amide bonds. The van der Waals surface area contributed by atoms with Gasteiger partial charge >= 0.3 is 0 Å². The number of aromatic amines is 1. The summed E-state index contributed by atoms with van der Waals surface area (Å²) in [5.41, 5.74) is 11.0. The molecule has 242 valence electrons. The van der Waals surface area contributed by atoms with Crippen molar-refractivity contribution in [2.45, 2.75) is 49.0 Å². The van der Waals surface area contributed by atoms with E-state index in [0.717, 1.165) is 6.33 Å². The first-order chi connectivity index (χ1) is 21.3. The first kappa shape index (κ1) is 29.8. The lowest BCUT2D eigenvalue weighted by molar-refractivity contribution is -0.0330. The third-order valence-electron chi connectivity index (χ3n) is 7.66. The maximum atomic E-state index is 13.3. The number of H-pyrrole nitrogens is 1. The molecule has 4 aromatic heterocycles. The van der Waals surface area contributed by atoms with Gasteiger partial charge in [-0.25, -0.2) is 19.9 Å². The molecule has 7 heterocycles. The molecular weight excluding hydrogens is 644 g/mol. The summed E-state index contributed by atoms with van der Waals surface area (Å²) in [6, 6.07) is -2.82. The second-order valence-corrected chi connectivity index (χ2v) is 13.5. The van der Waals surface area contributed by atoms with Gasteiger partial charge in [0, 0.05) is 13.1 Å². The minimum atomic E-state index is -4.48. The highest BCUT2D eigenvalue weighted by molar-refractivity contribution is 7.87. The smallest absolute Gasteiger partial charge is 0.280 e. The van der Waals surface area contributed by atoms with E-state index in [-0.39, 0.29) is 34.1 Å². The number of aromatic nitrogens is 8. The Morgan fingerprint density at radius 1 is 0.800 bits per heavy atom. The number of aliphatic hydroxyl groups is 2. The number of nitrogens with one attached hydrogen (secondary N) is 5. The molecule has 3 aliphatic heterocycles. The van der Waals surface area contributed by atoms with Gasteiger partial charge in [0.15, 0.2) is 35.1 Å². The van der Waals surface area contributed by atoms with Gasteiger partial charge in [0.25, 0.3) is 26.0 Å². The summed E-state index contributed by atoms with van der Waals surface area (Å²) < 4.78 is 76.4. The average molecular weight is 671 g/mol. The van der Waals surface area contributed by atoms with Crippen molar-refractivity contribution in [1.29, 1.82) is 0 Å². The van der Waals surface area contributed by atoms with Crippen molar-refractivity contribution < 1.29 is 36.5 Å². The van der Waals surface area contributed by atoms with Gasteiger partial charge in [-0.2, -0.15) is 40.7 Å². The summed E-state index contributed by atoms with van der Waals surface area (Å²) in [5, 5.41) is 22.3. The fourth-order valence-electron chi connectivity index (χ4n) is 5.58. The highest BCUT2D eigenvalue weighted by Gasteiger charge is 2.50. The number of aliphatic hydroxyl groups excluding tert-OH is 2. The quantitative estimate of drug-likeness (QED) is 0.0959. The molecule has 3 saturated heterocycles. The van der Waals surface area contributed by atoms with E-state index in [1.54, 1.807) is 0 Å². The van der Waals surface area contributed by atoms with E-state index in [1.807, 2.05) is 0 Å². The van der Waals surface area contributed by atoms with Crippen LogP contribution in [0.2, 0.25) is 0 Å². The van der Waals surface area contributed by atoms with Crippen LogP contribution < -0.4 is 35.9 Å². The zero-order valence-electron chi connectivity index (χ0n) is 22.6. The number of fused-ring (bicyclic) bond motifs is 5. The van der Waals surface area contributed by atoms with Crippen LogP contribution in [0.1, 0.15) is 12.5 Å². The second-order valence-electron chi connectivity index (χ2n) is 10.5. The molecule has 4 unspecified atom stereocenters. The first-order valence-corrected chi connectivity index (χ1v) is 16.1. The van der Waals surface area contributed by atoms with Gasteiger partial charge in [-0.05, 0) is 0 Å². The molecule has 23 nitrogen and oxygen atoms in total. The van der Waals surface area contributed by atoms with Crippen LogP contribution in [0.5, 0.6) is 0 Å². The number of rotatable bonds is 2. The van der Waals surface area contributed by atoms with Gasteiger partial charge in [-0.15, -0.1) is 0 Å². The Labute approximate surface area is 251 Å². The predicted molar refractivity (Wildman–Crippen MR) is 150 cm³/mol. The largest absolute Gasteiger partial charge is 0.389 e. The molecule has 0 aliphatic carbocycles. The average Bonchev–Trinajstić information content (AvgIpc) is 3.72. The van der Waals surface area contributed by atoms with Crippen molar-refractivity contribution in [2.75, 3.05) is 24.6 Å². The lowest BCUT2D eigenvalue weighted by atomic mass is 10.1. The standard InChI is InChI=1S/C20H26N14O9S2/c21-14-10-15(24-3-23-14)33(4-25-10)19-13(36)8-6(42-19)1-27-45(40,41)32-9-12(35)7(2-28-44(38,39)31-8)43-18(9)34-5-26-11-16(34)29-20(22)30-17(11)37/h3-9,12-13,18-19,27-28,31-32,35-36H,1-2H2,(H2,21,23,24)(H3,22,29,30,37)/t6-,7-,8?,9?,12?,13?,18-,19-/m1/s1. The summed E-state index contributed by atoms with van der Waals surface area (Å²) >= 11 is 0. The van der Waals surface area contributed by atoms with E-state index in [2.05, 4.69) is 48.8 Å². The third kappa shape index (κ3) is 5.16. The van der Waals surface area contributed by atoms with Gasteiger partial charge < -0.3 is 31.2 Å². The number of imidazole rings is 2. The molecule has 3 aliphatic rings. The summed E-state index contributed by atoms with van der Waals surface area (Å²) in [6.45, 7) is -1.08. The fourth-order valence-corrected chi connectivity index (χ4v) is 7.78. The highest BCUT2D eigenvalue weighted by atomic mass is 32.2. The zero-order chi connectivity index (χ0) is 31.8. The number of hydrogen-bond acceptors (Lipinski definition) is 16. The normalized spacial score (nSPS) is 33.4. The molecule has 2 bridgehead atoms. The van der Waals surface area contributed by atoms with Gasteiger partial charge in [-0.3, -0.25) is 18.9 Å². The van der Waals surface area contributed by atoms with E-state index >= 15 is 0 Å². The lowest BCUT2D eigenvalue weighted by Crippen LogP contribution is -2.54. The Balaban J connectivity index is 1.21. The number of nitrogens with two attached hydrogens (primary N) is 2. The maximum Gasteiger partial charge on any atom is 0.280 e. The maximum absolute atomic E-state index is 13.3. The van der Waals surface area contributed by atoms with Gasteiger partial charge in [0.05, 0.1) is 30.8 Å². The predicted octanol–water partition coefficient (Wildman–Crippen LogP) is -5.76. The lowest BCUT2D eigenvalue weighted by Gasteiger charge is -2.24. The molecule has 11 N–H and O–H groups in total. The molecule has 0 aromatic carbocycles. The monoisotopic (exact) mass is 670 g/mol. The molecule has 0 spiro atoms. The van der Waals surface area contributed by atoms with Crippen molar-refractivity contribution in [3.63, 3.8) is 0 Å². The van der Waals surface area contributed by atoms with Crippen molar-refractivity contribution in [3.05, 3.63) is 29.3 Å². The summed E-state index contributed by atoms with van der Waals surface area (Å²) in [5.74, 6) is -0.194. The molecule has 3 fully saturated rings. The Morgan fingerprint density at radius 3 is 2.16 bits per heavy atom. The Hall–Kier alpha value is -3.92. The van der Waals surface area contributed by atoms with Crippen molar-refractivity contribution in [2.24, 2.45) is 0 Å². The molecule has 25 heteroatoms. The van der Waals surface area contributed by atoms with Crippen LogP contribution in [0, 0.1) is 0 Å². The van der Waals surface area contributed by atoms with E-state index in [4.69, 9.17) is 20.9 Å². The molecule has 7 rings (SSSR count). The zero-order valence-corrected chi connectivity index (χ0v) is 24.3. The Morgan fingerprint density at radius 2 is 1.42 bits per heavy atom. The summed E-state index contributed by atoms with van der Waals surface area (Å²) in [6.07, 6.45) is -4.79. The molecule has 0 radical (unpaired) electrons. The van der Waals surface area contributed by atoms with E-state index in [0.29, 0.717) is 0 Å². The minimum Gasteiger partial charge on any atom is -0.389 e. The van der Waals surface area contributed by atoms with Crippen molar-refractivity contribution >= 4 is 54.5 Å². The number of anilines is 2. The fraction of sp³-hybridized carbons (Fsp3) is 0.500. The van der Waals surface area contributed by atoms with Crippen LogP contribution in [0.25, 0.3) is 22.3 Å². The van der Waals surface area contributed by atoms with Crippen LogP contribution in [0.4, 0.5) is 11.8 Å². The second kappa shape index (κ2) is 10.6. The molecule has 45 heavy (non-hydrogen) atoms. The number of nitrogen functional groups attached to an aromatic ring is 2. The molecule has 4 aromatic rings. The van der Waals surface area contributed by atoms with E-state index in [9.17, 15) is 31.8 Å². The number of hydrogen-bond donors (Lipinski definition) is 9. The minimum absolute atomic E-state index is 0.0598. The van der Waals surface area contributed by atoms with E-state index < -0.39 is 88.0 Å².